The SMILES string of the molecule is COC(=O)CN(Cc1ccccc1C)C(=O)c1nc2nccc(C)n2n1. The Bertz CT molecular complexity index is 966. The number of fused-ring (bicyclic) bond motifs is 1. The van der Waals surface area contributed by atoms with E-state index in [1.54, 1.807) is 12.3 Å². The van der Waals surface area contributed by atoms with Gasteiger partial charge in [0.1, 0.15) is 6.54 Å². The van der Waals surface area contributed by atoms with E-state index in [2.05, 4.69) is 15.1 Å². The van der Waals surface area contributed by atoms with Crippen molar-refractivity contribution in [2.24, 2.45) is 0 Å². The number of nitrogens with zero attached hydrogens (tertiary/aromatic N) is 5. The van der Waals surface area contributed by atoms with Crippen molar-refractivity contribution in [3.8, 4) is 0 Å². The third kappa shape index (κ3) is 3.53. The normalized spacial score (nSPS) is 10.7. The Balaban J connectivity index is 1.94. The molecule has 0 radical (unpaired) electrons. The number of esters is 1. The number of methoxy groups -OCH3 is 1. The number of benzene rings is 1. The molecule has 3 aromatic rings. The largest absolute Gasteiger partial charge is 0.468 e. The predicted octanol–water partition coefficient (Wildman–Crippen LogP) is 1.56. The van der Waals surface area contributed by atoms with Gasteiger partial charge in [0.25, 0.3) is 11.7 Å². The number of hydrogen-bond donors (Lipinski definition) is 0. The van der Waals surface area contributed by atoms with Crippen LogP contribution in [0.5, 0.6) is 0 Å². The molecule has 1 aromatic carbocycles. The molecule has 3 rings (SSSR count). The van der Waals surface area contributed by atoms with Gasteiger partial charge in [0.2, 0.25) is 5.82 Å². The van der Waals surface area contributed by atoms with E-state index in [-0.39, 0.29) is 18.9 Å². The molecule has 0 saturated carbocycles. The summed E-state index contributed by atoms with van der Waals surface area (Å²) in [5.74, 6) is -0.639. The van der Waals surface area contributed by atoms with Gasteiger partial charge in [-0.25, -0.2) is 9.50 Å². The third-order valence-electron chi connectivity index (χ3n) is 4.08. The average molecular weight is 353 g/mol. The molecular formula is C18H19N5O3. The second-order valence-corrected chi connectivity index (χ2v) is 5.90. The van der Waals surface area contributed by atoms with Crippen molar-refractivity contribution < 1.29 is 14.3 Å². The molecule has 2 aromatic heterocycles. The topological polar surface area (TPSA) is 89.7 Å². The summed E-state index contributed by atoms with van der Waals surface area (Å²) in [6, 6.07) is 9.45. The summed E-state index contributed by atoms with van der Waals surface area (Å²) in [5, 5.41) is 4.23. The summed E-state index contributed by atoms with van der Waals surface area (Å²) in [7, 11) is 1.29. The maximum atomic E-state index is 12.9. The quantitative estimate of drug-likeness (QED) is 0.647. The van der Waals surface area contributed by atoms with E-state index >= 15 is 0 Å². The van der Waals surface area contributed by atoms with Crippen LogP contribution in [0.4, 0.5) is 0 Å². The van der Waals surface area contributed by atoms with E-state index in [0.29, 0.717) is 5.78 Å². The molecule has 8 nitrogen and oxygen atoms in total. The van der Waals surface area contributed by atoms with Gasteiger partial charge in [0.05, 0.1) is 7.11 Å². The zero-order chi connectivity index (χ0) is 18.7. The molecule has 26 heavy (non-hydrogen) atoms. The molecular weight excluding hydrogens is 334 g/mol. The van der Waals surface area contributed by atoms with Crippen molar-refractivity contribution in [1.82, 2.24) is 24.5 Å². The van der Waals surface area contributed by atoms with E-state index in [9.17, 15) is 9.59 Å². The molecule has 0 bridgehead atoms. The van der Waals surface area contributed by atoms with Crippen LogP contribution in [0.2, 0.25) is 0 Å². The third-order valence-corrected chi connectivity index (χ3v) is 4.08. The summed E-state index contributed by atoms with van der Waals surface area (Å²) in [6.07, 6.45) is 1.60. The standard InChI is InChI=1S/C18H19N5O3/c1-12-6-4-5-7-14(12)10-22(11-15(24)26-3)17(25)16-20-18-19-9-8-13(2)23(18)21-16/h4-9H,10-11H2,1-3H3. The Morgan fingerprint density at radius 3 is 2.65 bits per heavy atom. The summed E-state index contributed by atoms with van der Waals surface area (Å²) >= 11 is 0. The highest BCUT2D eigenvalue weighted by Gasteiger charge is 2.24. The van der Waals surface area contributed by atoms with Crippen LogP contribution in [0.25, 0.3) is 5.78 Å². The molecule has 134 valence electrons. The summed E-state index contributed by atoms with van der Waals surface area (Å²) < 4.78 is 6.22. The molecule has 0 aliphatic rings. The highest BCUT2D eigenvalue weighted by Crippen LogP contribution is 2.13. The van der Waals surface area contributed by atoms with Gasteiger partial charge in [0, 0.05) is 18.4 Å². The first kappa shape index (κ1) is 17.5. The predicted molar refractivity (Wildman–Crippen MR) is 93.5 cm³/mol. The molecule has 1 amide bonds. The average Bonchev–Trinajstić information content (AvgIpc) is 3.08. The number of carbonyl (C=O) groups excluding carboxylic acids is 2. The Labute approximate surface area is 150 Å². The molecule has 0 atom stereocenters. The minimum Gasteiger partial charge on any atom is -0.468 e. The smallest absolute Gasteiger partial charge is 0.325 e. The van der Waals surface area contributed by atoms with Crippen LogP contribution < -0.4 is 0 Å². The highest BCUT2D eigenvalue weighted by atomic mass is 16.5. The van der Waals surface area contributed by atoms with Crippen molar-refractivity contribution in [2.45, 2.75) is 20.4 Å². The summed E-state index contributed by atoms with van der Waals surface area (Å²) in [4.78, 5) is 34.4. The zero-order valence-electron chi connectivity index (χ0n) is 14.8. The lowest BCUT2D eigenvalue weighted by atomic mass is 10.1. The monoisotopic (exact) mass is 353 g/mol. The van der Waals surface area contributed by atoms with E-state index in [4.69, 9.17) is 4.74 Å². The minimum atomic E-state index is -0.509. The fraction of sp³-hybridized carbons (Fsp3) is 0.278. The second-order valence-electron chi connectivity index (χ2n) is 5.90. The molecule has 0 aliphatic carbocycles. The molecule has 0 saturated heterocycles. The molecule has 0 N–H and O–H groups in total. The van der Waals surface area contributed by atoms with Gasteiger partial charge in [-0.1, -0.05) is 24.3 Å². The Hall–Kier alpha value is -3.29. The fourth-order valence-electron chi connectivity index (χ4n) is 2.55. The first-order valence-corrected chi connectivity index (χ1v) is 8.08. The van der Waals surface area contributed by atoms with Gasteiger partial charge < -0.3 is 9.64 Å². The molecule has 0 fully saturated rings. The molecule has 0 unspecified atom stereocenters. The van der Waals surface area contributed by atoms with Crippen LogP contribution in [0.3, 0.4) is 0 Å². The number of hydrogen-bond acceptors (Lipinski definition) is 6. The first-order chi connectivity index (χ1) is 12.5. The maximum Gasteiger partial charge on any atom is 0.325 e. The highest BCUT2D eigenvalue weighted by molar-refractivity contribution is 5.93. The van der Waals surface area contributed by atoms with E-state index < -0.39 is 11.9 Å². The van der Waals surface area contributed by atoms with Crippen LogP contribution in [0, 0.1) is 13.8 Å². The minimum absolute atomic E-state index is 0.00992. The maximum absolute atomic E-state index is 12.9. The summed E-state index contributed by atoms with van der Waals surface area (Å²) in [6.45, 7) is 3.86. The Morgan fingerprint density at radius 2 is 1.96 bits per heavy atom. The zero-order valence-corrected chi connectivity index (χ0v) is 14.8. The molecule has 8 heteroatoms. The number of ether oxygens (including phenoxy) is 1. The first-order valence-electron chi connectivity index (χ1n) is 8.08. The van der Waals surface area contributed by atoms with E-state index in [1.165, 1.54) is 16.5 Å². The lowest BCUT2D eigenvalue weighted by Gasteiger charge is -2.21. The van der Waals surface area contributed by atoms with Crippen molar-refractivity contribution in [3.63, 3.8) is 0 Å². The number of amides is 1. The fourth-order valence-corrected chi connectivity index (χ4v) is 2.55. The van der Waals surface area contributed by atoms with Crippen LogP contribution in [0.1, 0.15) is 27.4 Å². The number of rotatable bonds is 5. The Morgan fingerprint density at radius 1 is 1.19 bits per heavy atom. The van der Waals surface area contributed by atoms with Crippen LogP contribution in [-0.4, -0.2) is 50.0 Å². The van der Waals surface area contributed by atoms with Gasteiger partial charge in [-0.3, -0.25) is 9.59 Å². The van der Waals surface area contributed by atoms with E-state index in [1.807, 2.05) is 38.1 Å². The number of aromatic nitrogens is 4. The van der Waals surface area contributed by atoms with Crippen LogP contribution >= 0.6 is 0 Å². The molecule has 0 spiro atoms. The number of carbonyl (C=O) groups is 2. The summed E-state index contributed by atoms with van der Waals surface area (Å²) in [5.41, 5.74) is 2.76. The van der Waals surface area contributed by atoms with Gasteiger partial charge in [-0.15, -0.1) is 5.10 Å². The molecule has 0 aliphatic heterocycles. The van der Waals surface area contributed by atoms with Gasteiger partial charge in [0.15, 0.2) is 0 Å². The van der Waals surface area contributed by atoms with Crippen LogP contribution in [-0.2, 0) is 16.1 Å². The van der Waals surface area contributed by atoms with Crippen molar-refractivity contribution in [2.75, 3.05) is 13.7 Å². The van der Waals surface area contributed by atoms with Crippen LogP contribution in [0.15, 0.2) is 36.5 Å². The molecule has 2 heterocycles. The van der Waals surface area contributed by atoms with Crippen molar-refractivity contribution in [1.29, 1.82) is 0 Å². The van der Waals surface area contributed by atoms with Gasteiger partial charge >= 0.3 is 5.97 Å². The lowest BCUT2D eigenvalue weighted by Crippen LogP contribution is -2.36. The second kappa shape index (κ2) is 7.30. The van der Waals surface area contributed by atoms with E-state index in [0.717, 1.165) is 16.8 Å². The van der Waals surface area contributed by atoms with Crippen molar-refractivity contribution in [3.05, 3.63) is 59.2 Å². The lowest BCUT2D eigenvalue weighted by molar-refractivity contribution is -0.141. The Kier molecular flexibility index (Phi) is 4.92. The number of aryl methyl sites for hydroxylation is 2. The van der Waals surface area contributed by atoms with Gasteiger partial charge in [-0.05, 0) is 31.0 Å². The van der Waals surface area contributed by atoms with Crippen molar-refractivity contribution >= 4 is 17.7 Å². The van der Waals surface area contributed by atoms with Gasteiger partial charge in [-0.2, -0.15) is 4.98 Å².